The van der Waals surface area contributed by atoms with Crippen molar-refractivity contribution in [2.45, 2.75) is 32.4 Å². The van der Waals surface area contributed by atoms with Gasteiger partial charge >= 0.3 is 5.97 Å². The van der Waals surface area contributed by atoms with Gasteiger partial charge in [0, 0.05) is 43.7 Å². The van der Waals surface area contributed by atoms with E-state index < -0.39 is 5.97 Å². The van der Waals surface area contributed by atoms with Crippen LogP contribution in [-0.2, 0) is 37.1 Å². The molecule has 0 spiro atoms. The van der Waals surface area contributed by atoms with E-state index in [9.17, 15) is 9.59 Å². The molecule has 0 unspecified atom stereocenters. The minimum absolute atomic E-state index is 0.0519. The first-order chi connectivity index (χ1) is 21.9. The molecule has 0 saturated carbocycles. The maximum Gasteiger partial charge on any atom is 0.337 e. The van der Waals surface area contributed by atoms with Crippen LogP contribution in [0.25, 0.3) is 11.0 Å². The molecular weight excluding hydrogens is 564 g/mol. The number of methoxy groups -OCH3 is 1. The van der Waals surface area contributed by atoms with Crippen molar-refractivity contribution in [3.63, 3.8) is 0 Å². The fourth-order valence-corrected chi connectivity index (χ4v) is 5.42. The predicted octanol–water partition coefficient (Wildman–Crippen LogP) is 4.74. The second-order valence-electron chi connectivity index (χ2n) is 10.9. The second kappa shape index (κ2) is 14.5. The second-order valence-corrected chi connectivity index (χ2v) is 10.9. The zero-order chi connectivity index (χ0) is 31.8. The predicted molar refractivity (Wildman–Crippen MR) is 176 cm³/mol. The molecule has 230 valence electrons. The van der Waals surface area contributed by atoms with E-state index in [4.69, 9.17) is 26.6 Å². The van der Waals surface area contributed by atoms with Crippen molar-refractivity contribution in [1.82, 2.24) is 14.5 Å². The summed E-state index contributed by atoms with van der Waals surface area (Å²) in [5.41, 5.74) is 18.2. The molecule has 9 nitrogen and oxygen atoms in total. The number of ether oxygens (including phenoxy) is 1. The van der Waals surface area contributed by atoms with Crippen LogP contribution in [0.5, 0.6) is 0 Å². The molecule has 0 aliphatic carbocycles. The molecule has 0 radical (unpaired) electrons. The summed E-state index contributed by atoms with van der Waals surface area (Å²) in [7, 11) is 1.35. The highest BCUT2D eigenvalue weighted by Crippen LogP contribution is 2.22. The lowest BCUT2D eigenvalue weighted by molar-refractivity contribution is 0.0600. The first-order valence-corrected chi connectivity index (χ1v) is 15.0. The quantitative estimate of drug-likeness (QED) is 0.101. The van der Waals surface area contributed by atoms with Gasteiger partial charge in [-0.15, -0.1) is 0 Å². The van der Waals surface area contributed by atoms with E-state index in [1.54, 1.807) is 17.0 Å². The number of nitrogens with one attached hydrogen (secondary N) is 1. The number of aryl methyl sites for hydroxylation is 4. The lowest BCUT2D eigenvalue weighted by Crippen LogP contribution is -2.34. The maximum atomic E-state index is 13.7. The Balaban J connectivity index is 1.40. The largest absolute Gasteiger partial charge is 0.465 e. The van der Waals surface area contributed by atoms with Crippen LogP contribution in [0, 0.1) is 5.41 Å². The van der Waals surface area contributed by atoms with Crippen LogP contribution in [0.1, 0.15) is 48.8 Å². The third-order valence-corrected chi connectivity index (χ3v) is 7.88. The molecule has 1 aromatic heterocycles. The van der Waals surface area contributed by atoms with Crippen molar-refractivity contribution in [2.24, 2.45) is 11.5 Å². The highest BCUT2D eigenvalue weighted by atomic mass is 16.5. The summed E-state index contributed by atoms with van der Waals surface area (Å²) in [4.78, 5) is 32.3. The van der Waals surface area contributed by atoms with Gasteiger partial charge in [0.05, 0.1) is 23.7 Å². The van der Waals surface area contributed by atoms with Gasteiger partial charge in [-0.2, -0.15) is 0 Å². The fraction of sp³-hybridized carbons (Fsp3) is 0.222. The standard InChI is InChI=1S/C36H38N6O3/c1-45-36(44)29-14-9-27(10-15-29)24-41(22-20-37)35(43)30-16-17-32-31(23-30)40-33(42(32)21-19-25-5-3-2-4-6-25)18-11-26-7-12-28(13-8-26)34(38)39/h2-10,12-17,23H,11,18-22,24,37H2,1H3,(H3,38,39). The number of hydrogen-bond donors (Lipinski definition) is 3. The first kappa shape index (κ1) is 31.2. The molecule has 1 amide bonds. The van der Waals surface area contributed by atoms with Crippen LogP contribution in [0.15, 0.2) is 97.1 Å². The lowest BCUT2D eigenvalue weighted by atomic mass is 10.1. The SMILES string of the molecule is COC(=O)c1ccc(CN(CCN)C(=O)c2ccc3c(c2)nc(CCc2ccc(C(=N)N)cc2)n3CCc2ccccc2)cc1. The van der Waals surface area contributed by atoms with Gasteiger partial charge in [-0.05, 0) is 59.9 Å². The Morgan fingerprint density at radius 3 is 2.13 bits per heavy atom. The van der Waals surface area contributed by atoms with Crippen LogP contribution < -0.4 is 11.5 Å². The lowest BCUT2D eigenvalue weighted by Gasteiger charge is -2.22. The van der Waals surface area contributed by atoms with E-state index in [-0.39, 0.29) is 11.7 Å². The van der Waals surface area contributed by atoms with Gasteiger partial charge in [0.25, 0.3) is 5.91 Å². The van der Waals surface area contributed by atoms with Crippen LogP contribution in [-0.4, -0.2) is 52.4 Å². The number of amides is 1. The van der Waals surface area contributed by atoms with E-state index in [0.717, 1.165) is 47.4 Å². The zero-order valence-electron chi connectivity index (χ0n) is 25.4. The molecule has 0 saturated heterocycles. The highest BCUT2D eigenvalue weighted by Gasteiger charge is 2.19. The summed E-state index contributed by atoms with van der Waals surface area (Å²) in [6.07, 6.45) is 2.34. The summed E-state index contributed by atoms with van der Waals surface area (Å²) >= 11 is 0. The van der Waals surface area contributed by atoms with Crippen LogP contribution in [0.4, 0.5) is 0 Å². The third-order valence-electron chi connectivity index (χ3n) is 7.88. The molecule has 1 heterocycles. The molecule has 45 heavy (non-hydrogen) atoms. The number of benzene rings is 4. The Bertz CT molecular complexity index is 1780. The molecule has 0 atom stereocenters. The molecule has 0 aliphatic rings. The van der Waals surface area contributed by atoms with Crippen molar-refractivity contribution in [3.05, 3.63) is 136 Å². The average molecular weight is 603 g/mol. The van der Waals surface area contributed by atoms with Gasteiger partial charge in [-0.25, -0.2) is 9.78 Å². The van der Waals surface area contributed by atoms with Crippen LogP contribution in [0.3, 0.4) is 0 Å². The van der Waals surface area contributed by atoms with Gasteiger partial charge in [-0.1, -0.05) is 66.7 Å². The molecule has 5 N–H and O–H groups in total. The Kier molecular flexibility index (Phi) is 10.0. The molecule has 9 heteroatoms. The van der Waals surface area contributed by atoms with Gasteiger partial charge in [-0.3, -0.25) is 10.2 Å². The van der Waals surface area contributed by atoms with Gasteiger partial charge in [0.15, 0.2) is 0 Å². The molecule has 0 fully saturated rings. The van der Waals surface area contributed by atoms with Crippen molar-refractivity contribution < 1.29 is 14.3 Å². The number of rotatable bonds is 13. The summed E-state index contributed by atoms with van der Waals surface area (Å²) in [6.45, 7) is 1.82. The molecule has 5 rings (SSSR count). The minimum atomic E-state index is -0.404. The Labute approximate surface area is 262 Å². The summed E-state index contributed by atoms with van der Waals surface area (Å²) in [6, 6.07) is 30.8. The van der Waals surface area contributed by atoms with E-state index >= 15 is 0 Å². The molecule has 4 aromatic carbocycles. The topological polar surface area (TPSA) is 140 Å². The van der Waals surface area contributed by atoms with Crippen molar-refractivity contribution in [3.8, 4) is 0 Å². The molecule has 5 aromatic rings. The fourth-order valence-electron chi connectivity index (χ4n) is 5.42. The van der Waals surface area contributed by atoms with Crippen LogP contribution in [0.2, 0.25) is 0 Å². The molecular formula is C36H38N6O3. The monoisotopic (exact) mass is 602 g/mol. The Morgan fingerprint density at radius 1 is 0.822 bits per heavy atom. The van der Waals surface area contributed by atoms with Gasteiger partial charge < -0.3 is 25.7 Å². The first-order valence-electron chi connectivity index (χ1n) is 15.0. The Hall–Kier alpha value is -5.28. The summed E-state index contributed by atoms with van der Waals surface area (Å²) in [5.74, 6) is 0.463. The molecule has 0 bridgehead atoms. The number of esters is 1. The number of nitrogens with zero attached hydrogens (tertiary/aromatic N) is 3. The number of fused-ring (bicyclic) bond motifs is 1. The smallest absolute Gasteiger partial charge is 0.337 e. The minimum Gasteiger partial charge on any atom is -0.465 e. The van der Waals surface area contributed by atoms with Crippen LogP contribution >= 0.6 is 0 Å². The van der Waals surface area contributed by atoms with Gasteiger partial charge in [0.2, 0.25) is 0 Å². The number of nitrogen functional groups attached to an aromatic ring is 1. The number of carbonyl (C=O) groups is 2. The molecule has 0 aliphatic heterocycles. The van der Waals surface area contributed by atoms with E-state index in [0.29, 0.717) is 42.7 Å². The van der Waals surface area contributed by atoms with E-state index in [1.807, 2.05) is 72.8 Å². The number of aromatic nitrogens is 2. The summed E-state index contributed by atoms with van der Waals surface area (Å²) < 4.78 is 7.04. The number of carbonyl (C=O) groups excluding carboxylic acids is 2. The highest BCUT2D eigenvalue weighted by molar-refractivity contribution is 5.97. The van der Waals surface area contributed by atoms with Gasteiger partial charge in [0.1, 0.15) is 11.7 Å². The Morgan fingerprint density at radius 2 is 1.47 bits per heavy atom. The zero-order valence-corrected chi connectivity index (χ0v) is 25.4. The van der Waals surface area contributed by atoms with Crippen molar-refractivity contribution >= 4 is 28.7 Å². The maximum absolute atomic E-state index is 13.7. The third kappa shape index (κ3) is 7.63. The van der Waals surface area contributed by atoms with E-state index in [1.165, 1.54) is 12.7 Å². The summed E-state index contributed by atoms with van der Waals surface area (Å²) in [5, 5.41) is 7.65. The number of imidazole rings is 1. The number of hydrogen-bond acceptors (Lipinski definition) is 6. The van der Waals surface area contributed by atoms with Crippen molar-refractivity contribution in [1.29, 1.82) is 5.41 Å². The number of nitrogens with two attached hydrogens (primary N) is 2. The average Bonchev–Trinajstić information content (AvgIpc) is 3.42. The normalized spacial score (nSPS) is 11.0. The van der Waals surface area contributed by atoms with Crippen molar-refractivity contribution in [2.75, 3.05) is 20.2 Å². The van der Waals surface area contributed by atoms with E-state index in [2.05, 4.69) is 16.7 Å². The number of amidine groups is 1.